The van der Waals surface area contributed by atoms with E-state index in [1.807, 2.05) is 0 Å². The molecule has 1 aromatic carbocycles. The van der Waals surface area contributed by atoms with Crippen LogP contribution in [0, 0.1) is 11.8 Å². The molecular weight excluding hydrogens is 370 g/mol. The smallest absolute Gasteiger partial charge is 0.370 e. The first-order valence-electron chi connectivity index (χ1n) is 5.05. The van der Waals surface area contributed by atoms with Gasteiger partial charge in [0.1, 0.15) is 0 Å². The van der Waals surface area contributed by atoms with E-state index < -0.39 is 11.7 Å². The summed E-state index contributed by atoms with van der Waals surface area (Å²) in [4.78, 5) is 3.66. The summed E-state index contributed by atoms with van der Waals surface area (Å²) < 4.78 is 36.8. The van der Waals surface area contributed by atoms with Crippen molar-refractivity contribution in [2.45, 2.75) is 6.18 Å². The van der Waals surface area contributed by atoms with Crippen LogP contribution < -0.4 is 11.1 Å². The summed E-state index contributed by atoms with van der Waals surface area (Å²) >= 11 is 0. The van der Waals surface area contributed by atoms with Crippen LogP contribution in [-0.4, -0.2) is 19.6 Å². The maximum atomic E-state index is 12.3. The second-order valence-electron chi connectivity index (χ2n) is 3.34. The Morgan fingerprint density at radius 2 is 1.89 bits per heavy atom. The molecule has 0 atom stereocenters. The molecule has 104 valence electrons. The molecule has 19 heavy (non-hydrogen) atoms. The monoisotopic (exact) mass is 383 g/mol. The van der Waals surface area contributed by atoms with Crippen molar-refractivity contribution < 1.29 is 13.2 Å². The van der Waals surface area contributed by atoms with Gasteiger partial charge in [0.2, 0.25) is 0 Å². The van der Waals surface area contributed by atoms with Gasteiger partial charge in [-0.15, -0.1) is 24.0 Å². The molecule has 0 heterocycles. The SMILES string of the molecule is CN=C(N)NCC#Cc1ccc(C(F)(F)F)cc1.I. The molecule has 0 amide bonds. The van der Waals surface area contributed by atoms with Crippen LogP contribution in [0.4, 0.5) is 13.2 Å². The number of nitrogens with two attached hydrogens (primary N) is 1. The Hall–Kier alpha value is -1.43. The van der Waals surface area contributed by atoms with Crippen molar-refractivity contribution in [2.24, 2.45) is 10.7 Å². The Balaban J connectivity index is 0.00000324. The van der Waals surface area contributed by atoms with E-state index >= 15 is 0 Å². The Bertz CT molecular complexity index is 484. The lowest BCUT2D eigenvalue weighted by atomic mass is 10.1. The minimum atomic E-state index is -4.32. The molecule has 3 N–H and O–H groups in total. The molecule has 0 spiro atoms. The van der Waals surface area contributed by atoms with Crippen LogP contribution in [0.15, 0.2) is 29.3 Å². The fourth-order valence-electron chi connectivity index (χ4n) is 1.10. The van der Waals surface area contributed by atoms with E-state index in [0.717, 1.165) is 12.1 Å². The van der Waals surface area contributed by atoms with Crippen LogP contribution in [0.5, 0.6) is 0 Å². The highest BCUT2D eigenvalue weighted by Gasteiger charge is 2.29. The van der Waals surface area contributed by atoms with Crippen molar-refractivity contribution >= 4 is 29.9 Å². The molecule has 0 unspecified atom stereocenters. The van der Waals surface area contributed by atoms with Gasteiger partial charge in [-0.05, 0) is 24.3 Å². The average molecular weight is 383 g/mol. The number of hydrogen-bond donors (Lipinski definition) is 2. The van der Waals surface area contributed by atoms with E-state index in [0.29, 0.717) is 5.56 Å². The van der Waals surface area contributed by atoms with Crippen LogP contribution in [0.25, 0.3) is 0 Å². The van der Waals surface area contributed by atoms with E-state index in [9.17, 15) is 13.2 Å². The highest BCUT2D eigenvalue weighted by atomic mass is 127. The third-order valence-electron chi connectivity index (χ3n) is 2.04. The number of hydrogen-bond acceptors (Lipinski definition) is 1. The summed E-state index contributed by atoms with van der Waals surface area (Å²) in [5.41, 5.74) is 5.19. The number of nitrogens with zero attached hydrogens (tertiary/aromatic N) is 1. The van der Waals surface area contributed by atoms with Crippen LogP contribution >= 0.6 is 24.0 Å². The van der Waals surface area contributed by atoms with Gasteiger partial charge < -0.3 is 11.1 Å². The van der Waals surface area contributed by atoms with E-state index in [1.54, 1.807) is 0 Å². The van der Waals surface area contributed by atoms with Crippen LogP contribution in [0.1, 0.15) is 11.1 Å². The summed E-state index contributed by atoms with van der Waals surface area (Å²) in [5.74, 6) is 5.70. The first-order valence-corrected chi connectivity index (χ1v) is 5.05. The van der Waals surface area contributed by atoms with Crippen LogP contribution in [0.2, 0.25) is 0 Å². The largest absolute Gasteiger partial charge is 0.416 e. The molecule has 0 fully saturated rings. The van der Waals surface area contributed by atoms with Crippen LogP contribution in [0.3, 0.4) is 0 Å². The van der Waals surface area contributed by atoms with Crippen molar-refractivity contribution in [1.29, 1.82) is 0 Å². The molecule has 1 rings (SSSR count). The Morgan fingerprint density at radius 1 is 1.32 bits per heavy atom. The first-order chi connectivity index (χ1) is 8.43. The van der Waals surface area contributed by atoms with Gasteiger partial charge in [0.05, 0.1) is 12.1 Å². The molecule has 7 heteroatoms. The molecule has 0 saturated heterocycles. The lowest BCUT2D eigenvalue weighted by Gasteiger charge is -2.05. The number of halogens is 4. The molecule has 0 bridgehead atoms. The number of aliphatic imine (C=N–C) groups is 1. The highest BCUT2D eigenvalue weighted by Crippen LogP contribution is 2.28. The summed E-state index contributed by atoms with van der Waals surface area (Å²) in [6.45, 7) is 0.282. The van der Waals surface area contributed by atoms with Crippen molar-refractivity contribution in [3.63, 3.8) is 0 Å². The zero-order valence-electron chi connectivity index (χ0n) is 10.1. The molecule has 3 nitrogen and oxygen atoms in total. The Morgan fingerprint density at radius 3 is 2.37 bits per heavy atom. The molecular formula is C12H13F3IN3. The lowest BCUT2D eigenvalue weighted by molar-refractivity contribution is -0.137. The van der Waals surface area contributed by atoms with Gasteiger partial charge in [0.25, 0.3) is 0 Å². The number of guanidine groups is 1. The minimum absolute atomic E-state index is 0. The number of alkyl halides is 3. The first kappa shape index (κ1) is 17.6. The van der Waals surface area contributed by atoms with Gasteiger partial charge in [0.15, 0.2) is 5.96 Å². The van der Waals surface area contributed by atoms with Gasteiger partial charge >= 0.3 is 6.18 Å². The second kappa shape index (κ2) is 7.89. The fourth-order valence-corrected chi connectivity index (χ4v) is 1.10. The molecule has 0 aliphatic carbocycles. The molecule has 1 aromatic rings. The highest BCUT2D eigenvalue weighted by molar-refractivity contribution is 14.0. The van der Waals surface area contributed by atoms with E-state index in [2.05, 4.69) is 22.2 Å². The Kier molecular flexibility index (Phi) is 7.29. The molecule has 0 saturated carbocycles. The fraction of sp³-hybridized carbons (Fsp3) is 0.250. The molecule has 0 radical (unpaired) electrons. The third kappa shape index (κ3) is 6.33. The number of benzene rings is 1. The number of nitrogens with one attached hydrogen (secondary N) is 1. The lowest BCUT2D eigenvalue weighted by Crippen LogP contribution is -2.31. The minimum Gasteiger partial charge on any atom is -0.370 e. The van der Waals surface area contributed by atoms with Crippen molar-refractivity contribution in [3.8, 4) is 11.8 Å². The van der Waals surface area contributed by atoms with Crippen LogP contribution in [-0.2, 0) is 6.18 Å². The molecule has 0 aromatic heterocycles. The van der Waals surface area contributed by atoms with Crippen molar-refractivity contribution in [2.75, 3.05) is 13.6 Å². The zero-order chi connectivity index (χ0) is 13.6. The maximum absolute atomic E-state index is 12.3. The predicted octanol–water partition coefficient (Wildman–Crippen LogP) is 2.21. The summed E-state index contributed by atoms with van der Waals surface area (Å²) in [5, 5.41) is 2.71. The Labute approximate surface area is 126 Å². The number of rotatable bonds is 1. The van der Waals surface area contributed by atoms with E-state index in [1.165, 1.54) is 19.2 Å². The summed E-state index contributed by atoms with van der Waals surface area (Å²) in [6, 6.07) is 4.65. The van der Waals surface area contributed by atoms with Gasteiger partial charge in [-0.25, -0.2) is 0 Å². The topological polar surface area (TPSA) is 50.4 Å². The van der Waals surface area contributed by atoms with Gasteiger partial charge in [-0.3, -0.25) is 4.99 Å². The van der Waals surface area contributed by atoms with Gasteiger partial charge in [-0.2, -0.15) is 13.2 Å². The van der Waals surface area contributed by atoms with Gasteiger partial charge in [-0.1, -0.05) is 11.8 Å². The van der Waals surface area contributed by atoms with E-state index in [-0.39, 0.29) is 36.5 Å². The quantitative estimate of drug-likeness (QED) is 0.338. The predicted molar refractivity (Wildman–Crippen MR) is 79.3 cm³/mol. The summed E-state index contributed by atoms with van der Waals surface area (Å²) in [7, 11) is 1.53. The van der Waals surface area contributed by atoms with Crippen molar-refractivity contribution in [1.82, 2.24) is 5.32 Å². The molecule has 0 aliphatic rings. The van der Waals surface area contributed by atoms with Crippen molar-refractivity contribution in [3.05, 3.63) is 35.4 Å². The maximum Gasteiger partial charge on any atom is 0.416 e. The standard InChI is InChI=1S/C12H12F3N3.HI/c1-17-11(16)18-8-2-3-9-4-6-10(7-5-9)12(13,14)15;/h4-7H,8H2,1H3,(H3,16,17,18);1H. The van der Waals surface area contributed by atoms with Gasteiger partial charge in [0, 0.05) is 12.6 Å². The normalized spacial score (nSPS) is 11.1. The summed E-state index contributed by atoms with van der Waals surface area (Å²) in [6.07, 6.45) is -4.32. The van der Waals surface area contributed by atoms with E-state index in [4.69, 9.17) is 5.73 Å². The second-order valence-corrected chi connectivity index (χ2v) is 3.34. The third-order valence-corrected chi connectivity index (χ3v) is 2.04. The zero-order valence-corrected chi connectivity index (χ0v) is 12.4. The molecule has 0 aliphatic heterocycles. The average Bonchev–Trinajstić information content (AvgIpc) is 2.33.